The largest absolute Gasteiger partial charge is 0.496 e. The highest BCUT2D eigenvalue weighted by Crippen LogP contribution is 2.20. The van der Waals surface area contributed by atoms with E-state index >= 15 is 0 Å². The minimum absolute atomic E-state index is 0.0237. The number of rotatable bonds is 5. The summed E-state index contributed by atoms with van der Waals surface area (Å²) in [6.07, 6.45) is 3.18. The van der Waals surface area contributed by atoms with E-state index in [0.717, 1.165) is 19.4 Å². The maximum atomic E-state index is 13.7. The zero-order chi connectivity index (χ0) is 13.7. The van der Waals surface area contributed by atoms with Gasteiger partial charge in [-0.1, -0.05) is 6.07 Å². The van der Waals surface area contributed by atoms with E-state index < -0.39 is 11.7 Å². The van der Waals surface area contributed by atoms with Gasteiger partial charge in [-0.05, 0) is 37.9 Å². The van der Waals surface area contributed by atoms with Gasteiger partial charge >= 0.3 is 0 Å². The molecule has 0 radical (unpaired) electrons. The minimum Gasteiger partial charge on any atom is -0.496 e. The van der Waals surface area contributed by atoms with Gasteiger partial charge in [0, 0.05) is 12.6 Å². The summed E-state index contributed by atoms with van der Waals surface area (Å²) in [7, 11) is 1.42. The molecule has 5 heteroatoms. The molecule has 2 N–H and O–H groups in total. The Morgan fingerprint density at radius 3 is 3.11 bits per heavy atom. The van der Waals surface area contributed by atoms with E-state index in [9.17, 15) is 9.18 Å². The van der Waals surface area contributed by atoms with Crippen LogP contribution in [0.2, 0.25) is 0 Å². The van der Waals surface area contributed by atoms with Gasteiger partial charge in [0.2, 0.25) is 0 Å². The second-order valence-electron chi connectivity index (χ2n) is 4.65. The fourth-order valence-corrected chi connectivity index (χ4v) is 2.35. The van der Waals surface area contributed by atoms with Crippen LogP contribution in [0.4, 0.5) is 4.39 Å². The van der Waals surface area contributed by atoms with E-state index in [1.54, 1.807) is 6.07 Å². The SMILES string of the molecule is COc1cccc(F)c1C(=O)NCCC1CCCN1. The normalized spacial score (nSPS) is 18.3. The van der Waals surface area contributed by atoms with Gasteiger partial charge in [-0.3, -0.25) is 4.79 Å². The van der Waals surface area contributed by atoms with Crippen LogP contribution in [0.15, 0.2) is 18.2 Å². The number of nitrogens with one attached hydrogen (secondary N) is 2. The van der Waals surface area contributed by atoms with Crippen molar-refractivity contribution in [3.8, 4) is 5.75 Å². The van der Waals surface area contributed by atoms with Crippen LogP contribution in [0.5, 0.6) is 5.75 Å². The van der Waals surface area contributed by atoms with E-state index in [2.05, 4.69) is 10.6 Å². The van der Waals surface area contributed by atoms with E-state index in [1.165, 1.54) is 25.7 Å². The molecule has 1 unspecified atom stereocenters. The van der Waals surface area contributed by atoms with Crippen LogP contribution in [0.1, 0.15) is 29.6 Å². The lowest BCUT2D eigenvalue weighted by molar-refractivity contribution is 0.0945. The predicted molar refractivity (Wildman–Crippen MR) is 70.9 cm³/mol. The highest BCUT2D eigenvalue weighted by atomic mass is 19.1. The van der Waals surface area contributed by atoms with E-state index in [4.69, 9.17) is 4.74 Å². The van der Waals surface area contributed by atoms with Gasteiger partial charge in [0.15, 0.2) is 0 Å². The molecule has 1 aliphatic rings. The van der Waals surface area contributed by atoms with Gasteiger partial charge in [0.1, 0.15) is 17.1 Å². The Balaban J connectivity index is 1.92. The third kappa shape index (κ3) is 3.44. The number of halogens is 1. The first-order valence-electron chi connectivity index (χ1n) is 6.56. The average molecular weight is 266 g/mol. The standard InChI is InChI=1S/C14H19FN2O2/c1-19-12-6-2-5-11(15)13(12)14(18)17-9-7-10-4-3-8-16-10/h2,5-6,10,16H,3-4,7-9H2,1H3,(H,17,18). The van der Waals surface area contributed by atoms with Crippen molar-refractivity contribution in [2.24, 2.45) is 0 Å². The predicted octanol–water partition coefficient (Wildman–Crippen LogP) is 1.71. The third-order valence-electron chi connectivity index (χ3n) is 3.36. The van der Waals surface area contributed by atoms with Crippen molar-refractivity contribution in [2.75, 3.05) is 20.2 Å². The third-order valence-corrected chi connectivity index (χ3v) is 3.36. The first-order chi connectivity index (χ1) is 9.22. The summed E-state index contributed by atoms with van der Waals surface area (Å²) in [4.78, 5) is 12.0. The van der Waals surface area contributed by atoms with E-state index in [0.29, 0.717) is 12.6 Å². The minimum atomic E-state index is -0.559. The Kier molecular flexibility index (Phi) is 4.74. The van der Waals surface area contributed by atoms with Crippen molar-refractivity contribution < 1.29 is 13.9 Å². The van der Waals surface area contributed by atoms with Gasteiger partial charge in [-0.25, -0.2) is 4.39 Å². The lowest BCUT2D eigenvalue weighted by Gasteiger charge is -2.12. The molecule has 0 bridgehead atoms. The van der Waals surface area contributed by atoms with Crippen LogP contribution in [-0.4, -0.2) is 32.1 Å². The molecule has 0 saturated carbocycles. The maximum absolute atomic E-state index is 13.7. The Morgan fingerprint density at radius 2 is 2.42 bits per heavy atom. The molecule has 0 aliphatic carbocycles. The summed E-state index contributed by atoms with van der Waals surface area (Å²) >= 11 is 0. The molecule has 1 atom stereocenters. The van der Waals surface area contributed by atoms with Crippen LogP contribution in [0.3, 0.4) is 0 Å². The van der Waals surface area contributed by atoms with Gasteiger partial charge in [0.05, 0.1) is 7.11 Å². The van der Waals surface area contributed by atoms with Crippen molar-refractivity contribution in [1.82, 2.24) is 10.6 Å². The smallest absolute Gasteiger partial charge is 0.258 e. The lowest BCUT2D eigenvalue weighted by Crippen LogP contribution is -2.31. The molecular weight excluding hydrogens is 247 g/mol. The number of methoxy groups -OCH3 is 1. The topological polar surface area (TPSA) is 50.4 Å². The van der Waals surface area contributed by atoms with Gasteiger partial charge in [-0.15, -0.1) is 0 Å². The molecule has 4 nitrogen and oxygen atoms in total. The Morgan fingerprint density at radius 1 is 1.58 bits per heavy atom. The molecule has 1 fully saturated rings. The van der Waals surface area contributed by atoms with Crippen LogP contribution in [-0.2, 0) is 0 Å². The fraction of sp³-hybridized carbons (Fsp3) is 0.500. The van der Waals surface area contributed by atoms with Crippen LogP contribution < -0.4 is 15.4 Å². The molecule has 104 valence electrons. The number of carbonyl (C=O) groups excluding carboxylic acids is 1. The van der Waals surface area contributed by atoms with Crippen LogP contribution >= 0.6 is 0 Å². The average Bonchev–Trinajstić information content (AvgIpc) is 2.91. The Hall–Kier alpha value is -1.62. The molecule has 1 heterocycles. The number of hydrogen-bond donors (Lipinski definition) is 2. The summed E-state index contributed by atoms with van der Waals surface area (Å²) in [5, 5.41) is 6.10. The Bertz CT molecular complexity index is 445. The number of hydrogen-bond acceptors (Lipinski definition) is 3. The number of ether oxygens (including phenoxy) is 1. The zero-order valence-electron chi connectivity index (χ0n) is 11.0. The summed E-state index contributed by atoms with van der Waals surface area (Å²) < 4.78 is 18.7. The van der Waals surface area contributed by atoms with Crippen molar-refractivity contribution in [2.45, 2.75) is 25.3 Å². The molecule has 1 amide bonds. The molecule has 1 aromatic carbocycles. The molecule has 0 aromatic heterocycles. The molecule has 2 rings (SSSR count). The molecular formula is C14H19FN2O2. The summed E-state index contributed by atoms with van der Waals surface area (Å²) in [5.74, 6) is -0.722. The fourth-order valence-electron chi connectivity index (χ4n) is 2.35. The second kappa shape index (κ2) is 6.52. The summed E-state index contributed by atoms with van der Waals surface area (Å²) in [5.41, 5.74) is -0.0237. The Labute approximate surface area is 112 Å². The molecule has 1 aromatic rings. The van der Waals surface area contributed by atoms with Crippen molar-refractivity contribution in [3.63, 3.8) is 0 Å². The monoisotopic (exact) mass is 266 g/mol. The molecule has 19 heavy (non-hydrogen) atoms. The van der Waals surface area contributed by atoms with E-state index in [-0.39, 0.29) is 11.3 Å². The van der Waals surface area contributed by atoms with Crippen molar-refractivity contribution >= 4 is 5.91 Å². The van der Waals surface area contributed by atoms with Crippen molar-refractivity contribution in [1.29, 1.82) is 0 Å². The van der Waals surface area contributed by atoms with Crippen LogP contribution in [0, 0.1) is 5.82 Å². The van der Waals surface area contributed by atoms with Crippen LogP contribution in [0.25, 0.3) is 0 Å². The molecule has 0 spiro atoms. The highest BCUT2D eigenvalue weighted by Gasteiger charge is 2.18. The zero-order valence-corrected chi connectivity index (χ0v) is 11.0. The number of benzene rings is 1. The van der Waals surface area contributed by atoms with Gasteiger partial charge in [-0.2, -0.15) is 0 Å². The van der Waals surface area contributed by atoms with Gasteiger partial charge < -0.3 is 15.4 Å². The van der Waals surface area contributed by atoms with Crippen molar-refractivity contribution in [3.05, 3.63) is 29.6 Å². The summed E-state index contributed by atoms with van der Waals surface area (Å²) in [6.45, 7) is 1.58. The maximum Gasteiger partial charge on any atom is 0.258 e. The van der Waals surface area contributed by atoms with E-state index in [1.807, 2.05) is 0 Å². The molecule has 1 aliphatic heterocycles. The second-order valence-corrected chi connectivity index (χ2v) is 4.65. The lowest BCUT2D eigenvalue weighted by atomic mass is 10.1. The van der Waals surface area contributed by atoms with Gasteiger partial charge in [0.25, 0.3) is 5.91 Å². The first kappa shape index (κ1) is 13.8. The molecule has 1 saturated heterocycles. The number of amides is 1. The highest BCUT2D eigenvalue weighted by molar-refractivity contribution is 5.97. The number of carbonyl (C=O) groups is 1. The first-order valence-corrected chi connectivity index (χ1v) is 6.56. The summed E-state index contributed by atoms with van der Waals surface area (Å²) in [6, 6.07) is 4.82. The quantitative estimate of drug-likeness (QED) is 0.853.